The van der Waals surface area contributed by atoms with Gasteiger partial charge < -0.3 is 0 Å². The first kappa shape index (κ1) is 9.37. The Hall–Kier alpha value is -0.860. The van der Waals surface area contributed by atoms with Crippen LogP contribution >= 0.6 is 0 Å². The summed E-state index contributed by atoms with van der Waals surface area (Å²) in [5.74, 6) is 0. The number of fused-ring (bicyclic) bond motifs is 1. The molecule has 0 radical (unpaired) electrons. The minimum Gasteiger partial charge on any atom is -0.248 e. The van der Waals surface area contributed by atoms with Crippen LogP contribution in [0.15, 0.2) is 24.3 Å². The van der Waals surface area contributed by atoms with Gasteiger partial charge in [0.2, 0.25) is 0 Å². The van der Waals surface area contributed by atoms with Gasteiger partial charge in [0.25, 0.3) is 0 Å². The summed E-state index contributed by atoms with van der Waals surface area (Å²) in [6.45, 7) is 2.44. The highest BCUT2D eigenvalue weighted by atomic mass is 15.5. The Labute approximate surface area is 91.3 Å². The van der Waals surface area contributed by atoms with Gasteiger partial charge >= 0.3 is 0 Å². The standard InChI is InChI=1S/C13H18N2/c1-2-6-12-11(5-1)7-8-13(12)14-15-9-3-4-10-15/h1-2,5-6,13-14H,3-4,7-10H2. The van der Waals surface area contributed by atoms with Crippen molar-refractivity contribution in [3.05, 3.63) is 35.4 Å². The molecule has 1 atom stereocenters. The van der Waals surface area contributed by atoms with Gasteiger partial charge in [-0.2, -0.15) is 0 Å². The fourth-order valence-corrected chi connectivity index (χ4v) is 2.76. The SMILES string of the molecule is c1ccc2c(c1)CCC2NN1CCCC1. The van der Waals surface area contributed by atoms with Gasteiger partial charge in [-0.25, -0.2) is 10.4 Å². The lowest BCUT2D eigenvalue weighted by Crippen LogP contribution is -2.37. The summed E-state index contributed by atoms with van der Waals surface area (Å²) in [5.41, 5.74) is 6.72. The molecule has 1 N–H and O–H groups in total. The summed E-state index contributed by atoms with van der Waals surface area (Å²) in [6.07, 6.45) is 5.19. The maximum absolute atomic E-state index is 3.67. The van der Waals surface area contributed by atoms with E-state index in [9.17, 15) is 0 Å². The predicted molar refractivity (Wildman–Crippen MR) is 61.4 cm³/mol. The van der Waals surface area contributed by atoms with Crippen LogP contribution in [0.1, 0.15) is 36.4 Å². The molecule has 1 aliphatic carbocycles. The summed E-state index contributed by atoms with van der Waals surface area (Å²) in [5, 5.41) is 2.40. The summed E-state index contributed by atoms with van der Waals surface area (Å²) in [6, 6.07) is 9.41. The molecule has 1 aromatic carbocycles. The molecule has 2 nitrogen and oxygen atoms in total. The minimum atomic E-state index is 0.569. The highest BCUT2D eigenvalue weighted by Crippen LogP contribution is 2.31. The normalized spacial score (nSPS) is 25.7. The number of hydrazine groups is 1. The Morgan fingerprint density at radius 2 is 1.93 bits per heavy atom. The largest absolute Gasteiger partial charge is 0.248 e. The number of hydrogen-bond acceptors (Lipinski definition) is 2. The topological polar surface area (TPSA) is 15.3 Å². The third-order valence-corrected chi connectivity index (χ3v) is 3.58. The molecule has 2 heteroatoms. The molecule has 0 bridgehead atoms. The highest BCUT2D eigenvalue weighted by molar-refractivity contribution is 5.34. The Balaban J connectivity index is 1.73. The van der Waals surface area contributed by atoms with Crippen LogP contribution in [0.5, 0.6) is 0 Å². The quantitative estimate of drug-likeness (QED) is 0.791. The van der Waals surface area contributed by atoms with Crippen LogP contribution in [0.25, 0.3) is 0 Å². The van der Waals surface area contributed by atoms with Crippen molar-refractivity contribution in [3.8, 4) is 0 Å². The van der Waals surface area contributed by atoms with Gasteiger partial charge in [0.05, 0.1) is 0 Å². The first-order chi connectivity index (χ1) is 7.43. The summed E-state index contributed by atoms with van der Waals surface area (Å²) in [7, 11) is 0. The zero-order valence-corrected chi connectivity index (χ0v) is 9.08. The number of rotatable bonds is 2. The minimum absolute atomic E-state index is 0.569. The van der Waals surface area contributed by atoms with Crippen LogP contribution < -0.4 is 5.43 Å². The van der Waals surface area contributed by atoms with Crippen LogP contribution in [0, 0.1) is 0 Å². The number of benzene rings is 1. The maximum atomic E-state index is 3.67. The average molecular weight is 202 g/mol. The van der Waals surface area contributed by atoms with Gasteiger partial charge in [0.15, 0.2) is 0 Å². The van der Waals surface area contributed by atoms with Crippen LogP contribution in [0.4, 0.5) is 0 Å². The molecular weight excluding hydrogens is 184 g/mol. The first-order valence-electron chi connectivity index (χ1n) is 6.02. The molecule has 2 aliphatic rings. The van der Waals surface area contributed by atoms with E-state index >= 15 is 0 Å². The molecule has 0 amide bonds. The molecule has 1 aliphatic heterocycles. The first-order valence-corrected chi connectivity index (χ1v) is 6.02. The van der Waals surface area contributed by atoms with Crippen molar-refractivity contribution in [1.29, 1.82) is 0 Å². The van der Waals surface area contributed by atoms with Crippen LogP contribution in [-0.4, -0.2) is 18.1 Å². The van der Waals surface area contributed by atoms with E-state index in [0.29, 0.717) is 6.04 Å². The lowest BCUT2D eigenvalue weighted by molar-refractivity contribution is 0.197. The van der Waals surface area contributed by atoms with E-state index in [-0.39, 0.29) is 0 Å². The monoisotopic (exact) mass is 202 g/mol. The van der Waals surface area contributed by atoms with E-state index in [4.69, 9.17) is 0 Å². The zero-order valence-electron chi connectivity index (χ0n) is 9.08. The summed E-state index contributed by atoms with van der Waals surface area (Å²) >= 11 is 0. The molecule has 1 unspecified atom stereocenters. The van der Waals surface area contributed by atoms with Crippen molar-refractivity contribution in [3.63, 3.8) is 0 Å². The van der Waals surface area contributed by atoms with E-state index in [0.717, 1.165) is 0 Å². The van der Waals surface area contributed by atoms with Crippen molar-refractivity contribution in [2.45, 2.75) is 31.7 Å². The predicted octanol–water partition coefficient (Wildman–Crippen LogP) is 2.27. The van der Waals surface area contributed by atoms with Gasteiger partial charge in [-0.3, -0.25) is 0 Å². The molecule has 80 valence electrons. The second kappa shape index (κ2) is 3.95. The number of hydrogen-bond donors (Lipinski definition) is 1. The third-order valence-electron chi connectivity index (χ3n) is 3.58. The number of aryl methyl sites for hydroxylation is 1. The molecule has 0 saturated carbocycles. The van der Waals surface area contributed by atoms with E-state index in [1.165, 1.54) is 49.9 Å². The summed E-state index contributed by atoms with van der Waals surface area (Å²) in [4.78, 5) is 0. The van der Waals surface area contributed by atoms with Gasteiger partial charge in [0, 0.05) is 19.1 Å². The molecule has 3 rings (SSSR count). The second-order valence-corrected chi connectivity index (χ2v) is 4.61. The van der Waals surface area contributed by atoms with Gasteiger partial charge in [-0.05, 0) is 36.8 Å². The van der Waals surface area contributed by atoms with Crippen LogP contribution in [0.2, 0.25) is 0 Å². The van der Waals surface area contributed by atoms with E-state index in [1.54, 1.807) is 0 Å². The maximum Gasteiger partial charge on any atom is 0.0470 e. The van der Waals surface area contributed by atoms with Crippen LogP contribution in [-0.2, 0) is 6.42 Å². The lowest BCUT2D eigenvalue weighted by Gasteiger charge is -2.22. The Bertz CT molecular complexity index is 342. The fourth-order valence-electron chi connectivity index (χ4n) is 2.76. The molecule has 1 aromatic rings. The van der Waals surface area contributed by atoms with Crippen molar-refractivity contribution in [2.75, 3.05) is 13.1 Å². The second-order valence-electron chi connectivity index (χ2n) is 4.61. The van der Waals surface area contributed by atoms with Crippen molar-refractivity contribution in [1.82, 2.24) is 10.4 Å². The van der Waals surface area contributed by atoms with Gasteiger partial charge in [-0.15, -0.1) is 0 Å². The third kappa shape index (κ3) is 1.80. The Kier molecular flexibility index (Phi) is 2.47. The average Bonchev–Trinajstić information content (AvgIpc) is 2.89. The Morgan fingerprint density at radius 3 is 2.80 bits per heavy atom. The molecule has 0 aromatic heterocycles. The molecule has 0 spiro atoms. The molecular formula is C13H18N2. The van der Waals surface area contributed by atoms with Gasteiger partial charge in [-0.1, -0.05) is 24.3 Å². The molecule has 1 saturated heterocycles. The molecule has 1 fully saturated rings. The van der Waals surface area contributed by atoms with E-state index in [2.05, 4.69) is 34.7 Å². The van der Waals surface area contributed by atoms with Crippen molar-refractivity contribution in [2.24, 2.45) is 0 Å². The summed E-state index contributed by atoms with van der Waals surface area (Å²) < 4.78 is 0. The fraction of sp³-hybridized carbons (Fsp3) is 0.538. The highest BCUT2D eigenvalue weighted by Gasteiger charge is 2.24. The van der Waals surface area contributed by atoms with E-state index in [1.807, 2.05) is 0 Å². The smallest absolute Gasteiger partial charge is 0.0470 e. The molecule has 15 heavy (non-hydrogen) atoms. The number of nitrogens with zero attached hydrogens (tertiary/aromatic N) is 1. The van der Waals surface area contributed by atoms with E-state index < -0.39 is 0 Å². The van der Waals surface area contributed by atoms with Crippen molar-refractivity contribution < 1.29 is 0 Å². The van der Waals surface area contributed by atoms with Gasteiger partial charge in [0.1, 0.15) is 0 Å². The molecule has 1 heterocycles. The Morgan fingerprint density at radius 1 is 1.13 bits per heavy atom. The zero-order chi connectivity index (χ0) is 10.1. The lowest BCUT2D eigenvalue weighted by atomic mass is 10.1. The van der Waals surface area contributed by atoms with Crippen molar-refractivity contribution >= 4 is 0 Å². The number of nitrogens with one attached hydrogen (secondary N) is 1. The van der Waals surface area contributed by atoms with Crippen LogP contribution in [0.3, 0.4) is 0 Å².